The summed E-state index contributed by atoms with van der Waals surface area (Å²) in [5.41, 5.74) is 1.95. The molecule has 3 heteroatoms. The Bertz CT molecular complexity index is 537. The van der Waals surface area contributed by atoms with E-state index < -0.39 is 5.60 Å². The third-order valence-electron chi connectivity index (χ3n) is 3.38. The van der Waals surface area contributed by atoms with Gasteiger partial charge in [-0.25, -0.2) is 0 Å². The van der Waals surface area contributed by atoms with E-state index in [9.17, 15) is 5.11 Å². The quantitative estimate of drug-likeness (QED) is 0.838. The van der Waals surface area contributed by atoms with Crippen LogP contribution in [0.15, 0.2) is 30.5 Å². The lowest BCUT2D eigenvalue weighted by Crippen LogP contribution is -2.20. The van der Waals surface area contributed by atoms with Crippen molar-refractivity contribution in [2.75, 3.05) is 6.54 Å². The Morgan fingerprint density at radius 1 is 1.26 bits per heavy atom. The van der Waals surface area contributed by atoms with E-state index in [1.54, 1.807) is 0 Å². The average Bonchev–Trinajstić information content (AvgIpc) is 2.75. The smallest absolute Gasteiger partial charge is 0.0608 e. The van der Waals surface area contributed by atoms with Gasteiger partial charge in [0.2, 0.25) is 0 Å². The monoisotopic (exact) mass is 260 g/mol. The Hall–Kier alpha value is -1.32. The highest BCUT2D eigenvalue weighted by Gasteiger charge is 2.12. The van der Waals surface area contributed by atoms with Crippen LogP contribution in [0.2, 0.25) is 0 Å². The molecule has 104 valence electrons. The van der Waals surface area contributed by atoms with Crippen LogP contribution in [-0.4, -0.2) is 21.8 Å². The average molecular weight is 260 g/mol. The lowest BCUT2D eigenvalue weighted by Gasteiger charge is -2.17. The Kier molecular flexibility index (Phi) is 4.27. The van der Waals surface area contributed by atoms with Crippen LogP contribution in [0.1, 0.15) is 32.8 Å². The Balaban J connectivity index is 2.15. The van der Waals surface area contributed by atoms with Crippen LogP contribution in [0.4, 0.5) is 0 Å². The van der Waals surface area contributed by atoms with Gasteiger partial charge in [0.25, 0.3) is 0 Å². The minimum atomic E-state index is -0.610. The summed E-state index contributed by atoms with van der Waals surface area (Å²) in [6.45, 7) is 8.58. The van der Waals surface area contributed by atoms with Crippen LogP contribution in [0.5, 0.6) is 0 Å². The molecule has 0 spiro atoms. The fourth-order valence-electron chi connectivity index (χ4n) is 2.22. The number of aliphatic hydroxyl groups is 1. The third kappa shape index (κ3) is 3.82. The molecule has 0 atom stereocenters. The molecular formula is C16H24N2O. The number of nitrogens with zero attached hydrogens (tertiary/aromatic N) is 1. The summed E-state index contributed by atoms with van der Waals surface area (Å²) in [6, 6.07) is 8.73. The molecule has 19 heavy (non-hydrogen) atoms. The molecule has 0 aliphatic rings. The van der Waals surface area contributed by atoms with Gasteiger partial charge >= 0.3 is 0 Å². The molecule has 0 amide bonds. The fourth-order valence-corrected chi connectivity index (χ4v) is 2.22. The summed E-state index contributed by atoms with van der Waals surface area (Å²) in [5.74, 6) is 0. The van der Waals surface area contributed by atoms with E-state index in [2.05, 4.69) is 47.3 Å². The van der Waals surface area contributed by atoms with Crippen molar-refractivity contribution in [1.82, 2.24) is 9.88 Å². The van der Waals surface area contributed by atoms with Crippen LogP contribution < -0.4 is 5.32 Å². The van der Waals surface area contributed by atoms with Crippen LogP contribution >= 0.6 is 0 Å². The van der Waals surface area contributed by atoms with Crippen LogP contribution in [-0.2, 0) is 13.1 Å². The largest absolute Gasteiger partial charge is 0.390 e. The predicted molar refractivity (Wildman–Crippen MR) is 80.2 cm³/mol. The first-order valence-electron chi connectivity index (χ1n) is 7.00. The first-order valence-corrected chi connectivity index (χ1v) is 7.00. The van der Waals surface area contributed by atoms with Crippen molar-refractivity contribution >= 4 is 10.9 Å². The molecule has 0 saturated heterocycles. The second-order valence-electron chi connectivity index (χ2n) is 5.75. The zero-order valence-corrected chi connectivity index (χ0v) is 12.1. The number of hydrogen-bond donors (Lipinski definition) is 2. The summed E-state index contributed by atoms with van der Waals surface area (Å²) < 4.78 is 2.21. The zero-order chi connectivity index (χ0) is 13.9. The molecule has 0 saturated carbocycles. The number of aryl methyl sites for hydroxylation is 1. The van der Waals surface area contributed by atoms with Gasteiger partial charge in [-0.15, -0.1) is 0 Å². The number of nitrogens with one attached hydrogen (secondary N) is 1. The molecule has 0 aliphatic carbocycles. The predicted octanol–water partition coefficient (Wildman–Crippen LogP) is 2.91. The lowest BCUT2D eigenvalue weighted by atomic mass is 10.1. The molecule has 1 aromatic heterocycles. The molecule has 0 bridgehead atoms. The summed E-state index contributed by atoms with van der Waals surface area (Å²) in [7, 11) is 0. The first kappa shape index (κ1) is 14.1. The standard InChI is InChI=1S/C16H24N2O/c1-4-17-12-13-5-6-15-14(11-13)7-9-18(15)10-8-16(2,3)19/h5-7,9,11,17,19H,4,8,10,12H2,1-3H3. The molecule has 1 aromatic carbocycles. The molecule has 2 N–H and O–H groups in total. The van der Waals surface area contributed by atoms with Gasteiger partial charge in [-0.2, -0.15) is 0 Å². The molecule has 0 fully saturated rings. The molecule has 0 radical (unpaired) electrons. The van der Waals surface area contributed by atoms with Gasteiger partial charge in [-0.1, -0.05) is 13.0 Å². The lowest BCUT2D eigenvalue weighted by molar-refractivity contribution is 0.0666. The summed E-state index contributed by atoms with van der Waals surface area (Å²) in [4.78, 5) is 0. The van der Waals surface area contributed by atoms with Crippen LogP contribution in [0, 0.1) is 0 Å². The van der Waals surface area contributed by atoms with E-state index in [0.29, 0.717) is 0 Å². The van der Waals surface area contributed by atoms with Crippen molar-refractivity contribution in [1.29, 1.82) is 0 Å². The highest BCUT2D eigenvalue weighted by molar-refractivity contribution is 5.80. The first-order chi connectivity index (χ1) is 8.99. The van der Waals surface area contributed by atoms with Crippen molar-refractivity contribution in [3.05, 3.63) is 36.0 Å². The maximum atomic E-state index is 9.81. The van der Waals surface area contributed by atoms with Gasteiger partial charge in [0, 0.05) is 24.8 Å². The third-order valence-corrected chi connectivity index (χ3v) is 3.38. The van der Waals surface area contributed by atoms with E-state index in [-0.39, 0.29) is 0 Å². The van der Waals surface area contributed by atoms with Crippen molar-refractivity contribution in [3.8, 4) is 0 Å². The maximum absolute atomic E-state index is 9.81. The fraction of sp³-hybridized carbons (Fsp3) is 0.500. The van der Waals surface area contributed by atoms with Crippen LogP contribution in [0.3, 0.4) is 0 Å². The molecule has 0 aliphatic heterocycles. The Morgan fingerprint density at radius 2 is 2.05 bits per heavy atom. The zero-order valence-electron chi connectivity index (χ0n) is 12.1. The van der Waals surface area contributed by atoms with Crippen molar-refractivity contribution in [3.63, 3.8) is 0 Å². The van der Waals surface area contributed by atoms with E-state index in [1.807, 2.05) is 13.8 Å². The normalized spacial score (nSPS) is 12.2. The maximum Gasteiger partial charge on any atom is 0.0608 e. The van der Waals surface area contributed by atoms with Crippen LogP contribution in [0.25, 0.3) is 10.9 Å². The van der Waals surface area contributed by atoms with Gasteiger partial charge in [0.1, 0.15) is 0 Å². The molecule has 1 heterocycles. The minimum absolute atomic E-state index is 0.610. The number of rotatable bonds is 6. The van der Waals surface area contributed by atoms with Gasteiger partial charge in [0.05, 0.1) is 5.60 Å². The number of aromatic nitrogens is 1. The molecule has 2 rings (SSSR count). The Labute approximate surface area is 115 Å². The summed E-state index contributed by atoms with van der Waals surface area (Å²) >= 11 is 0. The molecule has 3 nitrogen and oxygen atoms in total. The number of hydrogen-bond acceptors (Lipinski definition) is 2. The van der Waals surface area contributed by atoms with E-state index in [4.69, 9.17) is 0 Å². The van der Waals surface area contributed by atoms with Gasteiger partial charge in [-0.3, -0.25) is 0 Å². The Morgan fingerprint density at radius 3 is 2.74 bits per heavy atom. The number of fused-ring (bicyclic) bond motifs is 1. The highest BCUT2D eigenvalue weighted by Crippen LogP contribution is 2.19. The highest BCUT2D eigenvalue weighted by atomic mass is 16.3. The summed E-state index contributed by atoms with van der Waals surface area (Å²) in [5, 5.41) is 14.4. The van der Waals surface area contributed by atoms with Gasteiger partial charge in [-0.05, 0) is 56.0 Å². The second kappa shape index (κ2) is 5.76. The summed E-state index contributed by atoms with van der Waals surface area (Å²) in [6.07, 6.45) is 2.86. The van der Waals surface area contributed by atoms with Crippen molar-refractivity contribution in [2.24, 2.45) is 0 Å². The minimum Gasteiger partial charge on any atom is -0.390 e. The number of benzene rings is 1. The molecule has 0 unspecified atom stereocenters. The van der Waals surface area contributed by atoms with Gasteiger partial charge in [0.15, 0.2) is 0 Å². The van der Waals surface area contributed by atoms with E-state index in [0.717, 1.165) is 26.1 Å². The van der Waals surface area contributed by atoms with E-state index >= 15 is 0 Å². The topological polar surface area (TPSA) is 37.2 Å². The van der Waals surface area contributed by atoms with Crippen molar-refractivity contribution < 1.29 is 5.11 Å². The van der Waals surface area contributed by atoms with E-state index in [1.165, 1.54) is 16.5 Å². The van der Waals surface area contributed by atoms with Crippen molar-refractivity contribution in [2.45, 2.75) is 45.9 Å². The van der Waals surface area contributed by atoms with Gasteiger partial charge < -0.3 is 15.0 Å². The molecular weight excluding hydrogens is 236 g/mol. The molecule has 2 aromatic rings. The second-order valence-corrected chi connectivity index (χ2v) is 5.75. The SMILES string of the molecule is CCNCc1ccc2c(ccn2CCC(C)(C)O)c1.